The van der Waals surface area contributed by atoms with Crippen molar-refractivity contribution in [1.82, 2.24) is 19.6 Å². The second kappa shape index (κ2) is 7.08. The summed E-state index contributed by atoms with van der Waals surface area (Å²) in [5.41, 5.74) is 0.677. The van der Waals surface area contributed by atoms with Gasteiger partial charge in [0.2, 0.25) is 0 Å². The van der Waals surface area contributed by atoms with Gasteiger partial charge in [-0.1, -0.05) is 0 Å². The van der Waals surface area contributed by atoms with Gasteiger partial charge in [-0.3, -0.25) is 14.2 Å². The summed E-state index contributed by atoms with van der Waals surface area (Å²) in [5.74, 6) is -0.965. The molecule has 23 heavy (non-hydrogen) atoms. The molecule has 2 rings (SSSR count). The predicted octanol–water partition coefficient (Wildman–Crippen LogP) is 1.94. The SMILES string of the molecule is CCn1ccc(C(=O)Nc2cn(CC)nc2C(=O)OC(C)C)n1. The molecule has 2 aromatic rings. The van der Waals surface area contributed by atoms with Crippen LogP contribution in [0.15, 0.2) is 18.5 Å². The Morgan fingerprint density at radius 1 is 1.22 bits per heavy atom. The molecule has 1 amide bonds. The molecule has 8 heteroatoms. The van der Waals surface area contributed by atoms with Crippen LogP contribution in [0.4, 0.5) is 5.69 Å². The van der Waals surface area contributed by atoms with Crippen LogP contribution in [-0.2, 0) is 17.8 Å². The van der Waals surface area contributed by atoms with Crippen LogP contribution in [0.3, 0.4) is 0 Å². The fourth-order valence-corrected chi connectivity index (χ4v) is 1.94. The van der Waals surface area contributed by atoms with Crippen molar-refractivity contribution in [2.45, 2.75) is 46.9 Å². The van der Waals surface area contributed by atoms with Crippen molar-refractivity contribution in [3.63, 3.8) is 0 Å². The van der Waals surface area contributed by atoms with Crippen LogP contribution in [0.25, 0.3) is 0 Å². The first-order chi connectivity index (χ1) is 10.9. The predicted molar refractivity (Wildman–Crippen MR) is 84.3 cm³/mol. The zero-order valence-corrected chi connectivity index (χ0v) is 13.7. The maximum absolute atomic E-state index is 12.3. The van der Waals surface area contributed by atoms with E-state index in [0.29, 0.717) is 18.8 Å². The molecule has 0 bridgehead atoms. The molecule has 0 aliphatic heterocycles. The number of nitrogens with one attached hydrogen (secondary N) is 1. The molecular weight excluding hydrogens is 298 g/mol. The Balaban J connectivity index is 2.22. The summed E-state index contributed by atoms with van der Waals surface area (Å²) >= 11 is 0. The first kappa shape index (κ1) is 16.7. The van der Waals surface area contributed by atoms with Crippen LogP contribution in [0, 0.1) is 0 Å². The van der Waals surface area contributed by atoms with Gasteiger partial charge in [0.25, 0.3) is 5.91 Å². The summed E-state index contributed by atoms with van der Waals surface area (Å²) in [7, 11) is 0. The summed E-state index contributed by atoms with van der Waals surface area (Å²) in [6.07, 6.45) is 3.06. The summed E-state index contributed by atoms with van der Waals surface area (Å²) < 4.78 is 8.38. The number of aryl methyl sites for hydroxylation is 2. The highest BCUT2D eigenvalue weighted by atomic mass is 16.5. The second-order valence-corrected chi connectivity index (χ2v) is 5.21. The number of carbonyl (C=O) groups is 2. The van der Waals surface area contributed by atoms with Gasteiger partial charge in [0.15, 0.2) is 11.4 Å². The van der Waals surface area contributed by atoms with Gasteiger partial charge in [-0.05, 0) is 33.8 Å². The van der Waals surface area contributed by atoms with Gasteiger partial charge in [0.1, 0.15) is 0 Å². The van der Waals surface area contributed by atoms with E-state index in [4.69, 9.17) is 4.74 Å². The molecule has 0 atom stereocenters. The maximum Gasteiger partial charge on any atom is 0.361 e. The molecular formula is C15H21N5O3. The number of anilines is 1. The van der Waals surface area contributed by atoms with Crippen molar-refractivity contribution in [3.8, 4) is 0 Å². The van der Waals surface area contributed by atoms with Crippen LogP contribution in [0.5, 0.6) is 0 Å². The average Bonchev–Trinajstić information content (AvgIpc) is 3.12. The van der Waals surface area contributed by atoms with Gasteiger partial charge in [-0.25, -0.2) is 4.79 Å². The van der Waals surface area contributed by atoms with E-state index in [2.05, 4.69) is 15.5 Å². The number of nitrogens with zero attached hydrogens (tertiary/aromatic N) is 4. The first-order valence-corrected chi connectivity index (χ1v) is 7.57. The second-order valence-electron chi connectivity index (χ2n) is 5.21. The fourth-order valence-electron chi connectivity index (χ4n) is 1.94. The van der Waals surface area contributed by atoms with Crippen molar-refractivity contribution >= 4 is 17.6 Å². The van der Waals surface area contributed by atoms with Crippen LogP contribution in [0.2, 0.25) is 0 Å². The van der Waals surface area contributed by atoms with Gasteiger partial charge in [-0.2, -0.15) is 10.2 Å². The Labute approximate surface area is 134 Å². The Morgan fingerprint density at radius 3 is 2.48 bits per heavy atom. The third kappa shape index (κ3) is 3.97. The van der Waals surface area contributed by atoms with Crippen LogP contribution in [0.1, 0.15) is 48.7 Å². The molecule has 8 nitrogen and oxygen atoms in total. The van der Waals surface area contributed by atoms with Crippen molar-refractivity contribution in [2.24, 2.45) is 0 Å². The van der Waals surface area contributed by atoms with Gasteiger partial charge >= 0.3 is 5.97 Å². The third-order valence-electron chi connectivity index (χ3n) is 3.07. The quantitative estimate of drug-likeness (QED) is 0.822. The van der Waals surface area contributed by atoms with E-state index in [0.717, 1.165) is 0 Å². The van der Waals surface area contributed by atoms with Crippen molar-refractivity contribution in [3.05, 3.63) is 29.8 Å². The van der Waals surface area contributed by atoms with Gasteiger partial charge < -0.3 is 10.1 Å². The molecule has 0 aliphatic rings. The Kier molecular flexibility index (Phi) is 5.15. The number of rotatable bonds is 6. The number of aromatic nitrogens is 4. The minimum atomic E-state index is -0.568. The number of hydrogen-bond donors (Lipinski definition) is 1. The molecule has 0 saturated carbocycles. The van der Waals surface area contributed by atoms with Gasteiger partial charge in [-0.15, -0.1) is 0 Å². The summed E-state index contributed by atoms with van der Waals surface area (Å²) in [4.78, 5) is 24.4. The molecule has 124 valence electrons. The monoisotopic (exact) mass is 319 g/mol. The van der Waals surface area contributed by atoms with Gasteiger partial charge in [0.05, 0.1) is 11.8 Å². The smallest absolute Gasteiger partial charge is 0.361 e. The van der Waals surface area contributed by atoms with E-state index in [-0.39, 0.29) is 17.5 Å². The molecule has 0 saturated heterocycles. The molecule has 0 fully saturated rings. The number of ether oxygens (including phenoxy) is 1. The Hall–Kier alpha value is -2.64. The van der Waals surface area contributed by atoms with Crippen molar-refractivity contribution in [1.29, 1.82) is 0 Å². The minimum Gasteiger partial charge on any atom is -0.458 e. The first-order valence-electron chi connectivity index (χ1n) is 7.57. The lowest BCUT2D eigenvalue weighted by atomic mass is 10.3. The average molecular weight is 319 g/mol. The van der Waals surface area contributed by atoms with E-state index in [9.17, 15) is 9.59 Å². The van der Waals surface area contributed by atoms with Crippen molar-refractivity contribution < 1.29 is 14.3 Å². The lowest BCUT2D eigenvalue weighted by Gasteiger charge is -2.07. The number of amides is 1. The highest BCUT2D eigenvalue weighted by Gasteiger charge is 2.21. The molecule has 0 unspecified atom stereocenters. The molecule has 0 spiro atoms. The van der Waals surface area contributed by atoms with Crippen LogP contribution >= 0.6 is 0 Å². The topological polar surface area (TPSA) is 91.0 Å². The molecule has 2 aromatic heterocycles. The third-order valence-corrected chi connectivity index (χ3v) is 3.07. The summed E-state index contributed by atoms with van der Waals surface area (Å²) in [5, 5.41) is 11.0. The van der Waals surface area contributed by atoms with E-state index in [1.54, 1.807) is 41.7 Å². The van der Waals surface area contributed by atoms with E-state index in [1.807, 2.05) is 13.8 Å². The highest BCUT2D eigenvalue weighted by Crippen LogP contribution is 2.17. The molecule has 0 aliphatic carbocycles. The lowest BCUT2D eigenvalue weighted by molar-refractivity contribution is 0.0371. The van der Waals surface area contributed by atoms with E-state index < -0.39 is 11.9 Å². The standard InChI is InChI=1S/C15H21N5O3/c1-5-19-8-7-11(17-19)14(21)16-12-9-20(6-2)18-13(12)15(22)23-10(3)4/h7-10H,5-6H2,1-4H3,(H,16,21). The van der Waals surface area contributed by atoms with E-state index >= 15 is 0 Å². The Morgan fingerprint density at radius 2 is 1.91 bits per heavy atom. The molecule has 0 radical (unpaired) electrons. The summed E-state index contributed by atoms with van der Waals surface area (Å²) in [6.45, 7) is 8.57. The zero-order chi connectivity index (χ0) is 17.0. The molecule has 2 heterocycles. The zero-order valence-electron chi connectivity index (χ0n) is 13.7. The Bertz CT molecular complexity index is 702. The van der Waals surface area contributed by atoms with E-state index in [1.165, 1.54) is 0 Å². The number of hydrogen-bond acceptors (Lipinski definition) is 5. The molecule has 0 aromatic carbocycles. The largest absolute Gasteiger partial charge is 0.458 e. The number of esters is 1. The lowest BCUT2D eigenvalue weighted by Crippen LogP contribution is -2.17. The normalized spacial score (nSPS) is 10.8. The van der Waals surface area contributed by atoms with Gasteiger partial charge in [0, 0.05) is 25.5 Å². The van der Waals surface area contributed by atoms with Crippen LogP contribution < -0.4 is 5.32 Å². The highest BCUT2D eigenvalue weighted by molar-refractivity contribution is 6.06. The van der Waals surface area contributed by atoms with Crippen molar-refractivity contribution in [2.75, 3.05) is 5.32 Å². The summed E-state index contributed by atoms with van der Waals surface area (Å²) in [6, 6.07) is 1.62. The maximum atomic E-state index is 12.3. The number of carbonyl (C=O) groups excluding carboxylic acids is 2. The molecule has 1 N–H and O–H groups in total. The minimum absolute atomic E-state index is 0.0869. The fraction of sp³-hybridized carbons (Fsp3) is 0.467. The van der Waals surface area contributed by atoms with Crippen LogP contribution in [-0.4, -0.2) is 37.5 Å².